The first-order valence-corrected chi connectivity index (χ1v) is 11.8. The van der Waals surface area contributed by atoms with Crippen LogP contribution in [0.15, 0.2) is 96.7 Å². The molecule has 0 atom stereocenters. The molecular formula is C30H44N2. The van der Waals surface area contributed by atoms with Gasteiger partial charge in [0.05, 0.1) is 0 Å². The summed E-state index contributed by atoms with van der Waals surface area (Å²) in [7, 11) is 2.17. The Labute approximate surface area is 198 Å². The summed E-state index contributed by atoms with van der Waals surface area (Å²) in [6.07, 6.45) is 7.16. The topological polar surface area (TPSA) is 6.48 Å². The van der Waals surface area contributed by atoms with Crippen LogP contribution in [0.25, 0.3) is 5.70 Å². The molecule has 1 aliphatic carbocycles. The molecule has 0 saturated carbocycles. The highest BCUT2D eigenvalue weighted by molar-refractivity contribution is 5.61. The molecule has 174 valence electrons. The Bertz CT molecular complexity index is 831. The van der Waals surface area contributed by atoms with Crippen LogP contribution >= 0.6 is 0 Å². The van der Waals surface area contributed by atoms with Crippen molar-refractivity contribution in [1.82, 2.24) is 9.80 Å². The summed E-state index contributed by atoms with van der Waals surface area (Å²) >= 11 is 0. The van der Waals surface area contributed by atoms with Gasteiger partial charge < -0.3 is 9.80 Å². The molecule has 1 aromatic carbocycles. The second kappa shape index (κ2) is 14.5. The SMILES string of the molecule is C=C(c1ccccc1)N1CCN(C)CC1.C=CC.C=CC(=C)C1=C(CC)CCC(C)=C1C. The number of hydrogen-bond acceptors (Lipinski definition) is 2. The van der Waals surface area contributed by atoms with Crippen LogP contribution in [-0.4, -0.2) is 43.0 Å². The minimum absolute atomic E-state index is 1.08. The smallest absolute Gasteiger partial charge is 0.0367 e. The fraction of sp³-hybridized carbons (Fsp3) is 0.400. The first-order chi connectivity index (χ1) is 15.3. The summed E-state index contributed by atoms with van der Waals surface area (Å²) in [6, 6.07) is 10.4. The summed E-state index contributed by atoms with van der Waals surface area (Å²) < 4.78 is 0. The fourth-order valence-corrected chi connectivity index (χ4v) is 3.94. The Morgan fingerprint density at radius 3 is 2.03 bits per heavy atom. The molecule has 2 heteroatoms. The number of piperazine rings is 1. The van der Waals surface area contributed by atoms with Crippen molar-refractivity contribution in [3.63, 3.8) is 0 Å². The normalized spacial score (nSPS) is 16.3. The summed E-state index contributed by atoms with van der Waals surface area (Å²) in [5, 5.41) is 0. The molecule has 2 aliphatic rings. The Morgan fingerprint density at radius 1 is 0.969 bits per heavy atom. The van der Waals surface area contributed by atoms with Crippen LogP contribution in [0, 0.1) is 0 Å². The monoisotopic (exact) mass is 432 g/mol. The highest BCUT2D eigenvalue weighted by Gasteiger charge is 2.16. The van der Waals surface area contributed by atoms with Crippen molar-refractivity contribution in [3.8, 4) is 0 Å². The Balaban J connectivity index is 0.000000286. The lowest BCUT2D eigenvalue weighted by Gasteiger charge is -2.35. The van der Waals surface area contributed by atoms with Crippen molar-refractivity contribution in [2.75, 3.05) is 33.2 Å². The highest BCUT2D eigenvalue weighted by Crippen LogP contribution is 2.35. The van der Waals surface area contributed by atoms with E-state index in [1.54, 1.807) is 6.08 Å². The van der Waals surface area contributed by atoms with Crippen molar-refractivity contribution in [2.24, 2.45) is 0 Å². The number of nitrogens with zero attached hydrogens (tertiary/aromatic N) is 2. The number of rotatable bonds is 5. The van der Waals surface area contributed by atoms with Gasteiger partial charge in [0.15, 0.2) is 0 Å². The van der Waals surface area contributed by atoms with Crippen LogP contribution in [0.5, 0.6) is 0 Å². The molecule has 0 N–H and O–H groups in total. The quantitative estimate of drug-likeness (QED) is 0.348. The molecule has 1 aromatic rings. The molecule has 0 spiro atoms. The van der Waals surface area contributed by atoms with Crippen molar-refractivity contribution in [3.05, 3.63) is 102 Å². The van der Waals surface area contributed by atoms with E-state index in [0.29, 0.717) is 0 Å². The van der Waals surface area contributed by atoms with Crippen molar-refractivity contribution >= 4 is 5.70 Å². The van der Waals surface area contributed by atoms with Gasteiger partial charge in [-0.1, -0.05) is 80.3 Å². The van der Waals surface area contributed by atoms with Gasteiger partial charge >= 0.3 is 0 Å². The van der Waals surface area contributed by atoms with Gasteiger partial charge in [0.25, 0.3) is 0 Å². The van der Waals surface area contributed by atoms with Crippen LogP contribution < -0.4 is 0 Å². The average molecular weight is 433 g/mol. The summed E-state index contributed by atoms with van der Waals surface area (Å²) in [6.45, 7) is 28.4. The number of benzene rings is 1. The van der Waals surface area contributed by atoms with Gasteiger partial charge in [-0.2, -0.15) is 0 Å². The van der Waals surface area contributed by atoms with Gasteiger partial charge in [0.2, 0.25) is 0 Å². The first-order valence-electron chi connectivity index (χ1n) is 11.8. The Kier molecular flexibility index (Phi) is 12.4. The van der Waals surface area contributed by atoms with E-state index < -0.39 is 0 Å². The van der Waals surface area contributed by atoms with Crippen LogP contribution in [0.4, 0.5) is 0 Å². The molecule has 1 saturated heterocycles. The summed E-state index contributed by atoms with van der Waals surface area (Å²) in [5.41, 5.74) is 9.30. The third-order valence-electron chi connectivity index (χ3n) is 6.16. The maximum absolute atomic E-state index is 4.18. The van der Waals surface area contributed by atoms with Gasteiger partial charge in [-0.25, -0.2) is 0 Å². The molecule has 3 rings (SSSR count). The third-order valence-corrected chi connectivity index (χ3v) is 6.16. The van der Waals surface area contributed by atoms with Crippen molar-refractivity contribution < 1.29 is 0 Å². The molecule has 32 heavy (non-hydrogen) atoms. The number of likely N-dealkylation sites (N-methyl/N-ethyl adjacent to an activating group) is 1. The molecule has 0 bridgehead atoms. The van der Waals surface area contributed by atoms with Crippen LogP contribution in [0.1, 0.15) is 52.5 Å². The molecule has 2 nitrogen and oxygen atoms in total. The van der Waals surface area contributed by atoms with Gasteiger partial charge in [-0.3, -0.25) is 0 Å². The second-order valence-corrected chi connectivity index (χ2v) is 8.48. The molecule has 1 fully saturated rings. The predicted molar refractivity (Wildman–Crippen MR) is 145 cm³/mol. The summed E-state index contributed by atoms with van der Waals surface area (Å²) in [5.74, 6) is 0. The lowest BCUT2D eigenvalue weighted by molar-refractivity contribution is 0.207. The molecule has 0 radical (unpaired) electrons. The van der Waals surface area contributed by atoms with E-state index >= 15 is 0 Å². The van der Waals surface area contributed by atoms with Gasteiger partial charge in [0.1, 0.15) is 0 Å². The molecular weight excluding hydrogens is 388 g/mol. The van der Waals surface area contributed by atoms with Crippen LogP contribution in [0.2, 0.25) is 0 Å². The van der Waals surface area contributed by atoms with E-state index in [9.17, 15) is 0 Å². The van der Waals surface area contributed by atoms with Crippen LogP contribution in [-0.2, 0) is 0 Å². The molecule has 1 heterocycles. The van der Waals surface area contributed by atoms with E-state index in [4.69, 9.17) is 0 Å². The van der Waals surface area contributed by atoms with Gasteiger partial charge in [0, 0.05) is 31.9 Å². The molecule has 0 unspecified atom stereocenters. The van der Waals surface area contributed by atoms with Crippen molar-refractivity contribution in [1.29, 1.82) is 0 Å². The van der Waals surface area contributed by atoms with E-state index in [0.717, 1.165) is 43.9 Å². The minimum atomic E-state index is 1.08. The van der Waals surface area contributed by atoms with E-state index in [2.05, 4.69) is 88.2 Å². The lowest BCUT2D eigenvalue weighted by atomic mass is 9.82. The second-order valence-electron chi connectivity index (χ2n) is 8.48. The summed E-state index contributed by atoms with van der Waals surface area (Å²) in [4.78, 5) is 4.73. The molecule has 0 amide bonds. The zero-order valence-corrected chi connectivity index (χ0v) is 21.2. The first kappa shape index (κ1) is 27.5. The Hall–Kier alpha value is -2.58. The van der Waals surface area contributed by atoms with E-state index in [-0.39, 0.29) is 0 Å². The highest BCUT2D eigenvalue weighted by atomic mass is 15.2. The van der Waals surface area contributed by atoms with E-state index in [1.807, 2.05) is 19.1 Å². The largest absolute Gasteiger partial charge is 0.369 e. The van der Waals surface area contributed by atoms with Gasteiger partial charge in [-0.15, -0.1) is 6.58 Å². The zero-order chi connectivity index (χ0) is 24.1. The average Bonchev–Trinajstić information content (AvgIpc) is 2.82. The standard InChI is InChI=1S/C14H20.C13H18N2.C3H6/c1-6-10(3)14-12(5)11(4)8-9-13(14)7-2;1-12(13-6-4-3-5-7-13)15-10-8-14(2)9-11-15;1-3-2/h6H,1,3,7-9H2,2,4-5H3;3-7H,1,8-11H2,2H3;3H,1H2,2H3. The lowest BCUT2D eigenvalue weighted by Crippen LogP contribution is -2.43. The van der Waals surface area contributed by atoms with E-state index in [1.165, 1.54) is 40.7 Å². The Morgan fingerprint density at radius 2 is 1.53 bits per heavy atom. The molecule has 0 aromatic heterocycles. The number of hydrogen-bond donors (Lipinski definition) is 0. The third kappa shape index (κ3) is 8.16. The minimum Gasteiger partial charge on any atom is -0.369 e. The van der Waals surface area contributed by atoms with Crippen molar-refractivity contribution in [2.45, 2.75) is 47.0 Å². The fourth-order valence-electron chi connectivity index (χ4n) is 3.94. The van der Waals surface area contributed by atoms with Crippen LogP contribution in [0.3, 0.4) is 0 Å². The number of allylic oxidation sites excluding steroid dienone is 7. The zero-order valence-electron chi connectivity index (χ0n) is 21.2. The molecule has 1 aliphatic heterocycles. The maximum atomic E-state index is 4.18. The predicted octanol–water partition coefficient (Wildman–Crippen LogP) is 7.66. The van der Waals surface area contributed by atoms with Gasteiger partial charge in [-0.05, 0) is 69.4 Å². The maximum Gasteiger partial charge on any atom is 0.0367 e.